The van der Waals surface area contributed by atoms with Gasteiger partial charge in [0.25, 0.3) is 0 Å². The predicted octanol–water partition coefficient (Wildman–Crippen LogP) is 5.39. The number of nitrogens with zero attached hydrogens (tertiary/aromatic N) is 4. The summed E-state index contributed by atoms with van der Waals surface area (Å²) < 4.78 is 5.25. The van der Waals surface area contributed by atoms with Gasteiger partial charge < -0.3 is 20.3 Å². The normalized spacial score (nSPS) is 14.4. The van der Waals surface area contributed by atoms with Crippen LogP contribution in [0.4, 0.5) is 23.5 Å². The molecular weight excluding hydrogens is 400 g/mol. The lowest BCUT2D eigenvalue weighted by molar-refractivity contribution is 0.415. The minimum atomic E-state index is 0.454. The van der Waals surface area contributed by atoms with E-state index in [2.05, 4.69) is 39.7 Å². The van der Waals surface area contributed by atoms with Gasteiger partial charge in [0, 0.05) is 25.3 Å². The summed E-state index contributed by atoms with van der Waals surface area (Å²) in [5, 5.41) is 6.69. The van der Waals surface area contributed by atoms with E-state index in [0.29, 0.717) is 30.4 Å². The molecule has 0 saturated heterocycles. The lowest BCUT2D eigenvalue weighted by Crippen LogP contribution is -2.33. The third-order valence-electron chi connectivity index (χ3n) is 5.95. The topological polar surface area (TPSA) is 75.2 Å². The first-order chi connectivity index (χ1) is 15.7. The van der Waals surface area contributed by atoms with Crippen molar-refractivity contribution in [2.45, 2.75) is 51.1 Å². The van der Waals surface area contributed by atoms with Crippen molar-refractivity contribution in [1.82, 2.24) is 15.0 Å². The standard InChI is InChI=1S/C25H32N6O/c1-31(21-12-8-3-4-9-13-21)25-29-23(26-18-19-10-6-5-7-11-19)28-24(30-25)27-20-14-16-22(32-2)17-15-20/h5-7,10-11,14-17,21H,3-4,8-9,12-13,18H2,1-2H3,(H2,26,27,28,29,30). The van der Waals surface area contributed by atoms with E-state index in [0.717, 1.165) is 11.4 Å². The fraction of sp³-hybridized carbons (Fsp3) is 0.400. The SMILES string of the molecule is COc1ccc(Nc2nc(NCc3ccccc3)nc(N(C)C3CCCCCC3)n2)cc1. The van der Waals surface area contributed by atoms with Crippen molar-refractivity contribution in [3.05, 3.63) is 60.2 Å². The highest BCUT2D eigenvalue weighted by molar-refractivity contribution is 5.57. The van der Waals surface area contributed by atoms with Crippen molar-refractivity contribution in [1.29, 1.82) is 0 Å². The van der Waals surface area contributed by atoms with Gasteiger partial charge in [-0.15, -0.1) is 0 Å². The van der Waals surface area contributed by atoms with E-state index in [4.69, 9.17) is 14.7 Å². The first-order valence-electron chi connectivity index (χ1n) is 11.4. The van der Waals surface area contributed by atoms with Gasteiger partial charge in [-0.25, -0.2) is 0 Å². The van der Waals surface area contributed by atoms with E-state index in [-0.39, 0.29) is 0 Å². The Morgan fingerprint density at radius 1 is 0.875 bits per heavy atom. The Bertz CT molecular complexity index is 971. The van der Waals surface area contributed by atoms with Gasteiger partial charge >= 0.3 is 0 Å². The fourth-order valence-electron chi connectivity index (χ4n) is 4.05. The zero-order valence-corrected chi connectivity index (χ0v) is 18.9. The molecule has 1 saturated carbocycles. The number of methoxy groups -OCH3 is 1. The number of hydrogen-bond donors (Lipinski definition) is 2. The summed E-state index contributed by atoms with van der Waals surface area (Å²) in [5.74, 6) is 2.59. The van der Waals surface area contributed by atoms with Gasteiger partial charge in [-0.3, -0.25) is 0 Å². The Morgan fingerprint density at radius 3 is 2.25 bits per heavy atom. The molecule has 168 valence electrons. The van der Waals surface area contributed by atoms with Crippen LogP contribution in [0.25, 0.3) is 0 Å². The second kappa shape index (κ2) is 10.8. The Labute approximate surface area is 190 Å². The average molecular weight is 433 g/mol. The summed E-state index contributed by atoms with van der Waals surface area (Å²) in [6, 6.07) is 18.4. The van der Waals surface area contributed by atoms with Gasteiger partial charge in [-0.2, -0.15) is 15.0 Å². The van der Waals surface area contributed by atoms with Crippen molar-refractivity contribution in [2.24, 2.45) is 0 Å². The molecule has 1 aliphatic carbocycles. The molecule has 0 bridgehead atoms. The minimum absolute atomic E-state index is 0.454. The molecular formula is C25H32N6O. The van der Waals surface area contributed by atoms with Crippen LogP contribution < -0.4 is 20.3 Å². The molecule has 7 nitrogen and oxygen atoms in total. The number of hydrogen-bond acceptors (Lipinski definition) is 7. The molecule has 32 heavy (non-hydrogen) atoms. The Morgan fingerprint density at radius 2 is 1.56 bits per heavy atom. The summed E-state index contributed by atoms with van der Waals surface area (Å²) in [5.41, 5.74) is 2.07. The Hall–Kier alpha value is -3.35. The molecule has 1 aliphatic rings. The summed E-state index contributed by atoms with van der Waals surface area (Å²) >= 11 is 0. The summed E-state index contributed by atoms with van der Waals surface area (Å²) in [6.07, 6.45) is 7.50. The molecule has 0 aliphatic heterocycles. The molecule has 1 fully saturated rings. The van der Waals surface area contributed by atoms with Gasteiger partial charge in [0.05, 0.1) is 7.11 Å². The van der Waals surface area contributed by atoms with Gasteiger partial charge in [0.15, 0.2) is 0 Å². The summed E-state index contributed by atoms with van der Waals surface area (Å²) in [7, 11) is 3.76. The number of rotatable bonds is 8. The van der Waals surface area contributed by atoms with E-state index in [1.54, 1.807) is 7.11 Å². The maximum Gasteiger partial charge on any atom is 0.233 e. The first kappa shape index (κ1) is 21.9. The van der Waals surface area contributed by atoms with Crippen LogP contribution in [0.1, 0.15) is 44.1 Å². The summed E-state index contributed by atoms with van der Waals surface area (Å²) in [6.45, 7) is 0.652. The highest BCUT2D eigenvalue weighted by Gasteiger charge is 2.20. The van der Waals surface area contributed by atoms with Crippen LogP contribution in [0, 0.1) is 0 Å². The number of ether oxygens (including phenoxy) is 1. The quantitative estimate of drug-likeness (QED) is 0.462. The lowest BCUT2D eigenvalue weighted by Gasteiger charge is -2.27. The van der Waals surface area contributed by atoms with Gasteiger partial charge in [-0.05, 0) is 42.7 Å². The van der Waals surface area contributed by atoms with Crippen LogP contribution in [-0.2, 0) is 6.54 Å². The predicted molar refractivity (Wildman–Crippen MR) is 130 cm³/mol. The van der Waals surface area contributed by atoms with Gasteiger partial charge in [0.2, 0.25) is 17.8 Å². The van der Waals surface area contributed by atoms with Crippen molar-refractivity contribution in [3.63, 3.8) is 0 Å². The maximum absolute atomic E-state index is 5.25. The number of aromatic nitrogens is 3. The maximum atomic E-state index is 5.25. The highest BCUT2D eigenvalue weighted by Crippen LogP contribution is 2.26. The van der Waals surface area contributed by atoms with Gasteiger partial charge in [0.1, 0.15) is 5.75 Å². The molecule has 0 unspecified atom stereocenters. The third-order valence-corrected chi connectivity index (χ3v) is 5.95. The molecule has 7 heteroatoms. The number of nitrogens with one attached hydrogen (secondary N) is 2. The summed E-state index contributed by atoms with van der Waals surface area (Å²) in [4.78, 5) is 16.4. The van der Waals surface area contributed by atoms with E-state index in [1.165, 1.54) is 44.1 Å². The van der Waals surface area contributed by atoms with E-state index in [9.17, 15) is 0 Å². The largest absolute Gasteiger partial charge is 0.497 e. The Balaban J connectivity index is 1.57. The molecule has 1 aromatic heterocycles. The third kappa shape index (κ3) is 5.87. The van der Waals surface area contributed by atoms with Crippen LogP contribution in [0.5, 0.6) is 5.75 Å². The molecule has 4 rings (SSSR count). The molecule has 2 N–H and O–H groups in total. The zero-order valence-electron chi connectivity index (χ0n) is 18.9. The highest BCUT2D eigenvalue weighted by atomic mass is 16.5. The number of benzene rings is 2. The molecule has 2 aromatic carbocycles. The van der Waals surface area contributed by atoms with Crippen molar-refractivity contribution >= 4 is 23.5 Å². The van der Waals surface area contributed by atoms with Crippen LogP contribution in [0.2, 0.25) is 0 Å². The van der Waals surface area contributed by atoms with Crippen molar-refractivity contribution in [3.8, 4) is 5.75 Å². The van der Waals surface area contributed by atoms with Crippen LogP contribution in [0.15, 0.2) is 54.6 Å². The molecule has 0 amide bonds. The monoisotopic (exact) mass is 432 g/mol. The molecule has 0 atom stereocenters. The van der Waals surface area contributed by atoms with Crippen molar-refractivity contribution in [2.75, 3.05) is 29.7 Å². The molecule has 0 spiro atoms. The smallest absolute Gasteiger partial charge is 0.233 e. The fourth-order valence-corrected chi connectivity index (χ4v) is 4.05. The van der Waals surface area contributed by atoms with Crippen LogP contribution in [-0.4, -0.2) is 35.2 Å². The molecule has 1 heterocycles. The second-order valence-corrected chi connectivity index (χ2v) is 8.23. The van der Waals surface area contributed by atoms with Crippen LogP contribution >= 0.6 is 0 Å². The lowest BCUT2D eigenvalue weighted by atomic mass is 10.1. The van der Waals surface area contributed by atoms with E-state index >= 15 is 0 Å². The van der Waals surface area contributed by atoms with E-state index < -0.39 is 0 Å². The minimum Gasteiger partial charge on any atom is -0.497 e. The second-order valence-electron chi connectivity index (χ2n) is 8.23. The Kier molecular flexibility index (Phi) is 7.38. The first-order valence-corrected chi connectivity index (χ1v) is 11.4. The average Bonchev–Trinajstić information content (AvgIpc) is 3.13. The van der Waals surface area contributed by atoms with Gasteiger partial charge in [-0.1, -0.05) is 56.0 Å². The molecule has 0 radical (unpaired) electrons. The van der Waals surface area contributed by atoms with E-state index in [1.807, 2.05) is 42.5 Å². The van der Waals surface area contributed by atoms with Crippen molar-refractivity contribution < 1.29 is 4.74 Å². The number of anilines is 4. The van der Waals surface area contributed by atoms with Crippen LogP contribution in [0.3, 0.4) is 0 Å². The zero-order chi connectivity index (χ0) is 22.2. The molecule has 3 aromatic rings.